The number of aryl methyl sites for hydroxylation is 1. The second-order valence-electron chi connectivity index (χ2n) is 3.46. The monoisotopic (exact) mass is 260 g/mol. The Labute approximate surface area is 101 Å². The fourth-order valence-electron chi connectivity index (χ4n) is 1.29. The lowest BCUT2D eigenvalue weighted by molar-refractivity contribution is -0.207. The third-order valence-corrected chi connectivity index (χ3v) is 3.19. The molecule has 1 aromatic carbocycles. The summed E-state index contributed by atoms with van der Waals surface area (Å²) in [4.78, 5) is 4.38. The second-order valence-corrected chi connectivity index (χ2v) is 4.98. The molecule has 0 aliphatic carbocycles. The fourth-order valence-corrected chi connectivity index (χ4v) is 2.03. The first-order valence-corrected chi connectivity index (χ1v) is 6.77. The molecule has 0 aliphatic rings. The number of rotatable bonds is 7. The molecular formula is C11H16O5S. The number of hydrogen-bond acceptors (Lipinski definition) is 5. The van der Waals surface area contributed by atoms with Gasteiger partial charge in [0.05, 0.1) is 11.5 Å². The van der Waals surface area contributed by atoms with Crippen molar-refractivity contribution in [1.82, 2.24) is 0 Å². The normalized spacial score (nSPS) is 11.6. The molecule has 0 spiro atoms. The van der Waals surface area contributed by atoms with Crippen LogP contribution in [0.1, 0.15) is 18.9 Å². The molecule has 0 amide bonds. The smallest absolute Gasteiger partial charge is 0.323 e. The highest BCUT2D eigenvalue weighted by Crippen LogP contribution is 2.14. The van der Waals surface area contributed by atoms with E-state index in [0.29, 0.717) is 0 Å². The Balaban J connectivity index is 2.71. The van der Waals surface area contributed by atoms with E-state index < -0.39 is 10.1 Å². The maximum Gasteiger partial charge on any atom is 0.323 e. The van der Waals surface area contributed by atoms with Crippen molar-refractivity contribution in [2.75, 3.05) is 13.2 Å². The summed E-state index contributed by atoms with van der Waals surface area (Å²) < 4.78 is 27.4. The molecule has 1 aromatic rings. The van der Waals surface area contributed by atoms with E-state index in [1.807, 2.05) is 0 Å². The van der Waals surface area contributed by atoms with Gasteiger partial charge in [0.25, 0.3) is 0 Å². The molecule has 0 aromatic heterocycles. The molecule has 0 bridgehead atoms. The van der Waals surface area contributed by atoms with Crippen molar-refractivity contribution in [1.29, 1.82) is 0 Å². The topological polar surface area (TPSA) is 72.8 Å². The van der Waals surface area contributed by atoms with Gasteiger partial charge in [-0.1, -0.05) is 25.5 Å². The lowest BCUT2D eigenvalue weighted by Gasteiger charge is -2.04. The Hall–Kier alpha value is -0.950. The summed E-state index contributed by atoms with van der Waals surface area (Å²) in [5.41, 5.74) is 1.07. The Morgan fingerprint density at radius 2 is 1.88 bits per heavy atom. The van der Waals surface area contributed by atoms with Gasteiger partial charge in [0.1, 0.15) is 6.61 Å². The molecule has 1 rings (SSSR count). The van der Waals surface area contributed by atoms with E-state index in [1.54, 1.807) is 12.1 Å². The third kappa shape index (κ3) is 4.43. The second kappa shape index (κ2) is 6.70. The summed E-state index contributed by atoms with van der Waals surface area (Å²) in [6.07, 6.45) is 1.91. The van der Waals surface area contributed by atoms with Crippen LogP contribution in [0, 0.1) is 0 Å². The van der Waals surface area contributed by atoms with E-state index >= 15 is 0 Å². The summed E-state index contributed by atoms with van der Waals surface area (Å²) in [6.45, 7) is 1.56. The Morgan fingerprint density at radius 1 is 1.24 bits per heavy atom. The molecule has 0 fully saturated rings. The van der Waals surface area contributed by atoms with Crippen molar-refractivity contribution in [3.8, 4) is 0 Å². The van der Waals surface area contributed by atoms with Gasteiger partial charge in [-0.15, -0.1) is 4.33 Å². The predicted molar refractivity (Wildman–Crippen MR) is 61.7 cm³/mol. The Bertz CT molecular complexity index is 424. The Morgan fingerprint density at radius 3 is 2.41 bits per heavy atom. The van der Waals surface area contributed by atoms with Crippen LogP contribution >= 0.6 is 0 Å². The van der Waals surface area contributed by atoms with Crippen LogP contribution < -0.4 is 0 Å². The van der Waals surface area contributed by atoms with Crippen molar-refractivity contribution in [3.05, 3.63) is 29.8 Å². The molecule has 17 heavy (non-hydrogen) atoms. The quantitative estimate of drug-likeness (QED) is 0.454. The minimum absolute atomic E-state index is 0.0373. The first kappa shape index (κ1) is 14.1. The molecule has 0 saturated carbocycles. The van der Waals surface area contributed by atoms with Crippen LogP contribution in [0.4, 0.5) is 0 Å². The zero-order valence-corrected chi connectivity index (χ0v) is 10.4. The van der Waals surface area contributed by atoms with Gasteiger partial charge < -0.3 is 5.11 Å². The highest BCUT2D eigenvalue weighted by Gasteiger charge is 2.15. The fraction of sp³-hybridized carbons (Fsp3) is 0.455. The van der Waals surface area contributed by atoms with Gasteiger partial charge in [-0.2, -0.15) is 8.42 Å². The molecular weight excluding hydrogens is 244 g/mol. The van der Waals surface area contributed by atoms with Crippen LogP contribution in [-0.4, -0.2) is 26.7 Å². The summed E-state index contributed by atoms with van der Waals surface area (Å²) in [7, 11) is -3.90. The van der Waals surface area contributed by atoms with Crippen molar-refractivity contribution in [2.24, 2.45) is 0 Å². The van der Waals surface area contributed by atoms with Crippen LogP contribution in [0.2, 0.25) is 0 Å². The molecule has 0 atom stereocenters. The first-order valence-electron chi connectivity index (χ1n) is 5.36. The lowest BCUT2D eigenvalue weighted by atomic mass is 10.1. The average Bonchev–Trinajstić information content (AvgIpc) is 2.30. The summed E-state index contributed by atoms with van der Waals surface area (Å²) in [6, 6.07) is 6.43. The van der Waals surface area contributed by atoms with Gasteiger partial charge in [0.2, 0.25) is 0 Å². The zero-order valence-electron chi connectivity index (χ0n) is 9.63. The lowest BCUT2D eigenvalue weighted by Crippen LogP contribution is -2.09. The maximum atomic E-state index is 11.5. The van der Waals surface area contributed by atoms with Crippen LogP contribution in [0.5, 0.6) is 0 Å². The number of aliphatic hydroxyl groups excluding tert-OH is 1. The highest BCUT2D eigenvalue weighted by molar-refractivity contribution is 7.86. The zero-order chi connectivity index (χ0) is 12.7. The molecule has 1 N–H and O–H groups in total. The van der Waals surface area contributed by atoms with Crippen LogP contribution in [0.25, 0.3) is 0 Å². The minimum atomic E-state index is -3.90. The molecule has 5 nitrogen and oxygen atoms in total. The number of hydrogen-bond donors (Lipinski definition) is 1. The van der Waals surface area contributed by atoms with E-state index in [4.69, 9.17) is 5.11 Å². The molecule has 0 unspecified atom stereocenters. The molecule has 96 valence electrons. The number of aliphatic hydroxyl groups is 1. The molecule has 6 heteroatoms. The van der Waals surface area contributed by atoms with Gasteiger partial charge in [-0.25, -0.2) is 4.89 Å². The average molecular weight is 260 g/mol. The molecule has 0 heterocycles. The highest BCUT2D eigenvalue weighted by atomic mass is 32.2. The summed E-state index contributed by atoms with van der Waals surface area (Å²) >= 11 is 0. The first-order chi connectivity index (χ1) is 8.10. The van der Waals surface area contributed by atoms with Crippen molar-refractivity contribution >= 4 is 10.1 Å². The summed E-state index contributed by atoms with van der Waals surface area (Å²) in [5.74, 6) is 0. The molecule has 0 radical (unpaired) electrons. The summed E-state index contributed by atoms with van der Waals surface area (Å²) in [5, 5.41) is 8.43. The van der Waals surface area contributed by atoms with Crippen LogP contribution in [0.3, 0.4) is 0 Å². The van der Waals surface area contributed by atoms with Gasteiger partial charge in [-0.05, 0) is 24.1 Å². The van der Waals surface area contributed by atoms with Crippen LogP contribution in [-0.2, 0) is 25.8 Å². The Kier molecular flexibility index (Phi) is 5.57. The predicted octanol–water partition coefficient (Wildman–Crippen LogP) is 1.27. The third-order valence-electron chi connectivity index (χ3n) is 2.06. The van der Waals surface area contributed by atoms with Crippen molar-refractivity contribution in [2.45, 2.75) is 24.7 Å². The van der Waals surface area contributed by atoms with E-state index in [0.717, 1.165) is 18.4 Å². The SMILES string of the molecule is CCCc1ccc(S(=O)(=O)OOCCO)cc1. The van der Waals surface area contributed by atoms with Gasteiger partial charge in [0.15, 0.2) is 0 Å². The van der Waals surface area contributed by atoms with E-state index in [-0.39, 0.29) is 18.1 Å². The van der Waals surface area contributed by atoms with Crippen LogP contribution in [0.15, 0.2) is 29.2 Å². The van der Waals surface area contributed by atoms with E-state index in [9.17, 15) is 8.42 Å². The molecule has 0 aliphatic heterocycles. The van der Waals surface area contributed by atoms with E-state index in [2.05, 4.69) is 16.1 Å². The van der Waals surface area contributed by atoms with Gasteiger partial charge >= 0.3 is 10.1 Å². The number of benzene rings is 1. The largest absolute Gasteiger partial charge is 0.394 e. The maximum absolute atomic E-state index is 11.5. The standard InChI is InChI=1S/C11H16O5S/c1-2-3-10-4-6-11(7-5-10)17(13,14)16-15-9-8-12/h4-7,12H,2-3,8-9H2,1H3. The molecule has 0 saturated heterocycles. The van der Waals surface area contributed by atoms with Crippen molar-refractivity contribution in [3.63, 3.8) is 0 Å². The minimum Gasteiger partial charge on any atom is -0.394 e. The van der Waals surface area contributed by atoms with E-state index in [1.165, 1.54) is 12.1 Å². The van der Waals surface area contributed by atoms with Gasteiger partial charge in [-0.3, -0.25) is 0 Å². The van der Waals surface area contributed by atoms with Crippen molar-refractivity contribution < 1.29 is 22.7 Å². The van der Waals surface area contributed by atoms with Gasteiger partial charge in [0, 0.05) is 0 Å².